The van der Waals surface area contributed by atoms with Crippen molar-refractivity contribution in [1.82, 2.24) is 10.0 Å². The highest BCUT2D eigenvalue weighted by Crippen LogP contribution is 2.11. The van der Waals surface area contributed by atoms with Crippen LogP contribution >= 0.6 is 0 Å². The lowest BCUT2D eigenvalue weighted by molar-refractivity contribution is 0.0697. The van der Waals surface area contributed by atoms with Crippen molar-refractivity contribution in [3.63, 3.8) is 0 Å². The van der Waals surface area contributed by atoms with Crippen LogP contribution < -0.4 is 20.3 Å². The topological polar surface area (TPSA) is 107 Å². The highest BCUT2D eigenvalue weighted by atomic mass is 16.7. The minimum absolute atomic E-state index is 0.00525. The smallest absolute Gasteiger partial charge is 0.335 e. The van der Waals surface area contributed by atoms with Gasteiger partial charge in [0, 0.05) is 11.6 Å². The number of ether oxygens (including phenoxy) is 1. The summed E-state index contributed by atoms with van der Waals surface area (Å²) < 4.78 is 7.15. The first kappa shape index (κ1) is 24.3. The molecular weight excluding hydrogens is 460 g/mol. The standard InChI is InChI=1S/C28H24N2O6/c31-25-15-24(16-29-27(32)22-12-7-13-23(14-22)28(33)34)30(36-19-21-10-5-2-6-11-21)17-26(25)35-18-20-8-3-1-4-9-20/h1-15,17H,16,18-19H2,(H,29,32)(H,33,34). The Morgan fingerprint density at radius 1 is 0.806 bits per heavy atom. The fraction of sp³-hybridized carbons (Fsp3) is 0.107. The van der Waals surface area contributed by atoms with Crippen molar-refractivity contribution < 1.29 is 24.3 Å². The summed E-state index contributed by atoms with van der Waals surface area (Å²) in [5.41, 5.74) is 2.06. The molecule has 0 saturated heterocycles. The molecule has 0 saturated carbocycles. The van der Waals surface area contributed by atoms with Gasteiger partial charge in [0.1, 0.15) is 13.2 Å². The maximum absolute atomic E-state index is 12.8. The van der Waals surface area contributed by atoms with Gasteiger partial charge >= 0.3 is 5.97 Å². The lowest BCUT2D eigenvalue weighted by atomic mass is 10.1. The average Bonchev–Trinajstić information content (AvgIpc) is 2.91. The number of rotatable bonds is 10. The van der Waals surface area contributed by atoms with E-state index >= 15 is 0 Å². The summed E-state index contributed by atoms with van der Waals surface area (Å²) in [5, 5.41) is 11.9. The summed E-state index contributed by atoms with van der Waals surface area (Å²) in [6, 6.07) is 26.0. The monoisotopic (exact) mass is 484 g/mol. The number of nitrogens with one attached hydrogen (secondary N) is 1. The number of pyridine rings is 1. The summed E-state index contributed by atoms with van der Waals surface area (Å²) in [4.78, 5) is 42.5. The maximum atomic E-state index is 12.8. The average molecular weight is 485 g/mol. The SMILES string of the molecule is O=C(O)c1cccc(C(=O)NCc2cc(=O)c(OCc3ccccc3)cn2OCc2ccccc2)c1. The Balaban J connectivity index is 1.53. The highest BCUT2D eigenvalue weighted by Gasteiger charge is 2.13. The molecule has 8 nitrogen and oxygen atoms in total. The normalized spacial score (nSPS) is 10.4. The van der Waals surface area contributed by atoms with E-state index in [1.165, 1.54) is 41.3 Å². The highest BCUT2D eigenvalue weighted by molar-refractivity contribution is 5.97. The number of hydrogen-bond donors (Lipinski definition) is 2. The van der Waals surface area contributed by atoms with E-state index in [4.69, 9.17) is 14.7 Å². The van der Waals surface area contributed by atoms with E-state index in [1.807, 2.05) is 60.7 Å². The van der Waals surface area contributed by atoms with E-state index in [2.05, 4.69) is 5.32 Å². The number of hydrogen-bond acceptors (Lipinski definition) is 5. The van der Waals surface area contributed by atoms with Crippen molar-refractivity contribution in [2.45, 2.75) is 19.8 Å². The van der Waals surface area contributed by atoms with Crippen LogP contribution in [0.25, 0.3) is 0 Å². The molecule has 2 N–H and O–H groups in total. The number of carbonyl (C=O) groups excluding carboxylic acids is 1. The van der Waals surface area contributed by atoms with Crippen LogP contribution in [0.5, 0.6) is 5.75 Å². The molecule has 1 aromatic heterocycles. The summed E-state index contributed by atoms with van der Waals surface area (Å²) in [7, 11) is 0. The quantitative estimate of drug-likeness (QED) is 0.356. The number of carbonyl (C=O) groups is 2. The molecule has 4 rings (SSSR count). The molecule has 0 aliphatic heterocycles. The van der Waals surface area contributed by atoms with Gasteiger partial charge in [-0.3, -0.25) is 9.59 Å². The number of aromatic carboxylic acids is 1. The molecule has 3 aromatic carbocycles. The molecule has 0 aliphatic carbocycles. The minimum Gasteiger partial charge on any atom is -0.483 e. The van der Waals surface area contributed by atoms with Crippen molar-refractivity contribution >= 4 is 11.9 Å². The number of carboxylic acids is 1. The lowest BCUT2D eigenvalue weighted by Gasteiger charge is -2.17. The van der Waals surface area contributed by atoms with E-state index in [-0.39, 0.29) is 42.1 Å². The van der Waals surface area contributed by atoms with E-state index in [1.54, 1.807) is 0 Å². The van der Waals surface area contributed by atoms with Crippen LogP contribution in [-0.2, 0) is 19.8 Å². The molecular formula is C28H24N2O6. The molecule has 0 unspecified atom stereocenters. The maximum Gasteiger partial charge on any atom is 0.335 e. The number of benzene rings is 3. The first-order valence-corrected chi connectivity index (χ1v) is 11.2. The summed E-state index contributed by atoms with van der Waals surface area (Å²) in [6.45, 7) is 0.410. The van der Waals surface area contributed by atoms with Gasteiger partial charge in [-0.2, -0.15) is 4.73 Å². The Morgan fingerprint density at radius 3 is 2.11 bits per heavy atom. The van der Waals surface area contributed by atoms with Crippen molar-refractivity contribution in [2.24, 2.45) is 0 Å². The third-order valence-corrected chi connectivity index (χ3v) is 5.31. The van der Waals surface area contributed by atoms with Crippen LogP contribution in [-0.4, -0.2) is 21.7 Å². The van der Waals surface area contributed by atoms with E-state index in [0.717, 1.165) is 11.1 Å². The van der Waals surface area contributed by atoms with Gasteiger partial charge in [0.05, 0.1) is 24.0 Å². The second-order valence-corrected chi connectivity index (χ2v) is 7.92. The lowest BCUT2D eigenvalue weighted by Crippen LogP contribution is -2.28. The predicted molar refractivity (Wildman–Crippen MR) is 133 cm³/mol. The van der Waals surface area contributed by atoms with Gasteiger partial charge < -0.3 is 20.0 Å². The zero-order valence-electron chi connectivity index (χ0n) is 19.3. The molecule has 0 fully saturated rings. The van der Waals surface area contributed by atoms with Gasteiger partial charge in [0.2, 0.25) is 5.43 Å². The Morgan fingerprint density at radius 2 is 1.44 bits per heavy atom. The molecule has 1 amide bonds. The van der Waals surface area contributed by atoms with Gasteiger partial charge in [-0.15, -0.1) is 0 Å². The molecule has 0 spiro atoms. The second-order valence-electron chi connectivity index (χ2n) is 7.92. The van der Waals surface area contributed by atoms with Gasteiger partial charge in [0.25, 0.3) is 5.91 Å². The van der Waals surface area contributed by atoms with E-state index < -0.39 is 11.9 Å². The second kappa shape index (κ2) is 11.5. The van der Waals surface area contributed by atoms with Gasteiger partial charge in [-0.25, -0.2) is 4.79 Å². The van der Waals surface area contributed by atoms with Gasteiger partial charge in [-0.1, -0.05) is 66.7 Å². The van der Waals surface area contributed by atoms with E-state index in [9.17, 15) is 14.4 Å². The van der Waals surface area contributed by atoms with Crippen LogP contribution in [0, 0.1) is 0 Å². The molecule has 182 valence electrons. The first-order chi connectivity index (χ1) is 17.5. The third kappa shape index (κ3) is 6.38. The summed E-state index contributed by atoms with van der Waals surface area (Å²) in [6.07, 6.45) is 1.46. The van der Waals surface area contributed by atoms with Crippen molar-refractivity contribution in [3.8, 4) is 5.75 Å². The van der Waals surface area contributed by atoms with Crippen LogP contribution in [0.4, 0.5) is 0 Å². The number of carboxylic acid groups (broad SMARTS) is 1. The predicted octanol–water partition coefficient (Wildman–Crippen LogP) is 3.68. The fourth-order valence-corrected chi connectivity index (χ4v) is 3.42. The molecule has 1 heterocycles. The zero-order valence-corrected chi connectivity index (χ0v) is 19.3. The van der Waals surface area contributed by atoms with Crippen LogP contribution in [0.3, 0.4) is 0 Å². The Hall–Kier alpha value is -4.85. The zero-order chi connectivity index (χ0) is 25.3. The molecule has 0 radical (unpaired) electrons. The van der Waals surface area contributed by atoms with Crippen molar-refractivity contribution in [3.05, 3.63) is 135 Å². The number of nitrogens with zero attached hydrogens (tertiary/aromatic N) is 1. The Bertz CT molecular complexity index is 1400. The summed E-state index contributed by atoms with van der Waals surface area (Å²) >= 11 is 0. The molecule has 0 aliphatic rings. The van der Waals surface area contributed by atoms with Gasteiger partial charge in [0.15, 0.2) is 5.75 Å². The minimum atomic E-state index is -1.13. The first-order valence-electron chi connectivity index (χ1n) is 11.2. The largest absolute Gasteiger partial charge is 0.483 e. The summed E-state index contributed by atoms with van der Waals surface area (Å²) in [5.74, 6) is -1.50. The number of amides is 1. The Labute approximate surface area is 207 Å². The van der Waals surface area contributed by atoms with Crippen molar-refractivity contribution in [1.29, 1.82) is 0 Å². The van der Waals surface area contributed by atoms with E-state index in [0.29, 0.717) is 5.69 Å². The molecule has 4 aromatic rings. The van der Waals surface area contributed by atoms with Gasteiger partial charge in [-0.05, 0) is 29.3 Å². The van der Waals surface area contributed by atoms with Crippen molar-refractivity contribution in [2.75, 3.05) is 0 Å². The molecule has 8 heteroatoms. The number of aromatic nitrogens is 1. The van der Waals surface area contributed by atoms with Crippen LogP contribution in [0.15, 0.2) is 102 Å². The third-order valence-electron chi connectivity index (χ3n) is 5.31. The molecule has 0 atom stereocenters. The molecule has 36 heavy (non-hydrogen) atoms. The van der Waals surface area contributed by atoms with Crippen LogP contribution in [0.1, 0.15) is 37.5 Å². The Kier molecular flexibility index (Phi) is 7.77. The molecule has 0 bridgehead atoms. The van der Waals surface area contributed by atoms with Crippen LogP contribution in [0.2, 0.25) is 0 Å². The fourth-order valence-electron chi connectivity index (χ4n) is 3.42.